The van der Waals surface area contributed by atoms with Gasteiger partial charge in [0.05, 0.1) is 7.11 Å². The topological polar surface area (TPSA) is 54.4 Å². The van der Waals surface area contributed by atoms with E-state index in [2.05, 4.69) is 15.2 Å². The SMILES string of the molecule is COc1ccc(-c2nnc(N(C)C)nc2N(C)C)cc1. The molecule has 20 heavy (non-hydrogen) atoms. The van der Waals surface area contributed by atoms with Gasteiger partial charge in [-0.3, -0.25) is 0 Å². The number of aromatic nitrogens is 3. The lowest BCUT2D eigenvalue weighted by atomic mass is 10.1. The Morgan fingerprint density at radius 3 is 2.05 bits per heavy atom. The van der Waals surface area contributed by atoms with Gasteiger partial charge in [-0.05, 0) is 24.3 Å². The average molecular weight is 273 g/mol. The van der Waals surface area contributed by atoms with Crippen LogP contribution in [0.1, 0.15) is 0 Å². The molecule has 6 heteroatoms. The molecule has 0 saturated carbocycles. The Hall–Kier alpha value is -2.37. The summed E-state index contributed by atoms with van der Waals surface area (Å²) in [7, 11) is 9.31. The van der Waals surface area contributed by atoms with Gasteiger partial charge in [-0.2, -0.15) is 4.98 Å². The van der Waals surface area contributed by atoms with Gasteiger partial charge in [0.15, 0.2) is 5.82 Å². The number of anilines is 2. The molecule has 2 aromatic rings. The van der Waals surface area contributed by atoms with Crippen molar-refractivity contribution < 1.29 is 4.74 Å². The number of methoxy groups -OCH3 is 1. The monoisotopic (exact) mass is 273 g/mol. The van der Waals surface area contributed by atoms with Gasteiger partial charge in [0.1, 0.15) is 11.4 Å². The van der Waals surface area contributed by atoms with Crippen molar-refractivity contribution in [2.45, 2.75) is 0 Å². The summed E-state index contributed by atoms with van der Waals surface area (Å²) in [5, 5.41) is 8.46. The summed E-state index contributed by atoms with van der Waals surface area (Å²) in [6.45, 7) is 0. The highest BCUT2D eigenvalue weighted by Crippen LogP contribution is 2.27. The maximum atomic E-state index is 5.16. The minimum atomic E-state index is 0.589. The molecule has 0 bridgehead atoms. The van der Waals surface area contributed by atoms with E-state index < -0.39 is 0 Å². The zero-order valence-corrected chi connectivity index (χ0v) is 12.5. The lowest BCUT2D eigenvalue weighted by Gasteiger charge is -2.18. The Kier molecular flexibility index (Phi) is 4.02. The third kappa shape index (κ3) is 2.79. The summed E-state index contributed by atoms with van der Waals surface area (Å²) in [4.78, 5) is 8.30. The van der Waals surface area contributed by atoms with Crippen LogP contribution in [0.15, 0.2) is 24.3 Å². The molecular formula is C14H19N5O. The van der Waals surface area contributed by atoms with Crippen LogP contribution in [0.3, 0.4) is 0 Å². The average Bonchev–Trinajstić information content (AvgIpc) is 2.46. The first-order valence-electron chi connectivity index (χ1n) is 6.26. The Balaban J connectivity index is 2.49. The number of hydrogen-bond acceptors (Lipinski definition) is 6. The van der Waals surface area contributed by atoms with E-state index in [1.54, 1.807) is 7.11 Å². The fraction of sp³-hybridized carbons (Fsp3) is 0.357. The normalized spacial score (nSPS) is 10.2. The molecule has 0 fully saturated rings. The molecule has 0 aliphatic rings. The first-order valence-corrected chi connectivity index (χ1v) is 6.26. The highest BCUT2D eigenvalue weighted by atomic mass is 16.5. The van der Waals surface area contributed by atoms with Gasteiger partial charge < -0.3 is 14.5 Å². The molecule has 0 aliphatic carbocycles. The maximum Gasteiger partial charge on any atom is 0.246 e. The summed E-state index contributed by atoms with van der Waals surface area (Å²) in [6, 6.07) is 7.70. The van der Waals surface area contributed by atoms with E-state index in [1.807, 2.05) is 62.3 Å². The van der Waals surface area contributed by atoms with Crippen molar-refractivity contribution in [3.63, 3.8) is 0 Å². The van der Waals surface area contributed by atoms with Crippen LogP contribution in [0, 0.1) is 0 Å². The third-order valence-electron chi connectivity index (χ3n) is 2.84. The Morgan fingerprint density at radius 1 is 0.900 bits per heavy atom. The van der Waals surface area contributed by atoms with Gasteiger partial charge in [0, 0.05) is 33.8 Å². The smallest absolute Gasteiger partial charge is 0.246 e. The Bertz CT molecular complexity index is 581. The first-order chi connectivity index (χ1) is 9.52. The van der Waals surface area contributed by atoms with Crippen molar-refractivity contribution in [2.24, 2.45) is 0 Å². The number of benzene rings is 1. The quantitative estimate of drug-likeness (QED) is 0.845. The summed E-state index contributed by atoms with van der Waals surface area (Å²) in [5.74, 6) is 2.19. The van der Waals surface area contributed by atoms with Crippen LogP contribution in [0.2, 0.25) is 0 Å². The standard InChI is InChI=1S/C14H19N5O/c1-18(2)13-12(16-17-14(15-13)19(3)4)10-6-8-11(20-5)9-7-10/h6-9H,1-5H3. The molecule has 1 heterocycles. The molecule has 0 amide bonds. The zero-order valence-electron chi connectivity index (χ0n) is 12.5. The minimum absolute atomic E-state index is 0.589. The number of hydrogen-bond donors (Lipinski definition) is 0. The van der Waals surface area contributed by atoms with E-state index in [-0.39, 0.29) is 0 Å². The van der Waals surface area contributed by atoms with Crippen LogP contribution in [0.5, 0.6) is 5.75 Å². The third-order valence-corrected chi connectivity index (χ3v) is 2.84. The first kappa shape index (κ1) is 14.0. The predicted octanol–water partition coefficient (Wildman–Crippen LogP) is 1.68. The highest BCUT2D eigenvalue weighted by Gasteiger charge is 2.14. The summed E-state index contributed by atoms with van der Waals surface area (Å²) in [5.41, 5.74) is 1.71. The predicted molar refractivity (Wildman–Crippen MR) is 80.5 cm³/mol. The van der Waals surface area contributed by atoms with Gasteiger partial charge in [-0.25, -0.2) is 0 Å². The summed E-state index contributed by atoms with van der Waals surface area (Å²) in [6.07, 6.45) is 0. The lowest BCUT2D eigenvalue weighted by Crippen LogP contribution is -2.19. The maximum absolute atomic E-state index is 5.16. The molecule has 0 aliphatic heterocycles. The highest BCUT2D eigenvalue weighted by molar-refractivity contribution is 5.72. The summed E-state index contributed by atoms with van der Waals surface area (Å²) >= 11 is 0. The largest absolute Gasteiger partial charge is 0.497 e. The molecule has 1 aromatic heterocycles. The molecule has 0 spiro atoms. The van der Waals surface area contributed by atoms with E-state index in [0.717, 1.165) is 22.8 Å². The van der Waals surface area contributed by atoms with Crippen molar-refractivity contribution in [1.82, 2.24) is 15.2 Å². The van der Waals surface area contributed by atoms with Crippen LogP contribution in [0.4, 0.5) is 11.8 Å². The van der Waals surface area contributed by atoms with Crippen molar-refractivity contribution in [2.75, 3.05) is 45.1 Å². The molecule has 6 nitrogen and oxygen atoms in total. The molecular weight excluding hydrogens is 254 g/mol. The molecule has 1 aromatic carbocycles. The second kappa shape index (κ2) is 5.73. The van der Waals surface area contributed by atoms with Crippen LogP contribution < -0.4 is 14.5 Å². The molecule has 0 radical (unpaired) electrons. The van der Waals surface area contributed by atoms with Crippen molar-refractivity contribution >= 4 is 11.8 Å². The van der Waals surface area contributed by atoms with Crippen LogP contribution >= 0.6 is 0 Å². The van der Waals surface area contributed by atoms with E-state index in [0.29, 0.717) is 5.95 Å². The van der Waals surface area contributed by atoms with Crippen LogP contribution in [-0.2, 0) is 0 Å². The number of rotatable bonds is 4. The second-order valence-corrected chi connectivity index (χ2v) is 4.80. The van der Waals surface area contributed by atoms with Gasteiger partial charge >= 0.3 is 0 Å². The van der Waals surface area contributed by atoms with Gasteiger partial charge in [0.2, 0.25) is 5.95 Å². The van der Waals surface area contributed by atoms with E-state index in [9.17, 15) is 0 Å². The summed E-state index contributed by atoms with van der Waals surface area (Å²) < 4.78 is 5.16. The molecule has 0 unspecified atom stereocenters. The van der Waals surface area contributed by atoms with Crippen LogP contribution in [0.25, 0.3) is 11.3 Å². The van der Waals surface area contributed by atoms with Crippen molar-refractivity contribution in [3.8, 4) is 17.0 Å². The fourth-order valence-electron chi connectivity index (χ4n) is 1.75. The van der Waals surface area contributed by atoms with Gasteiger partial charge in [0.25, 0.3) is 0 Å². The van der Waals surface area contributed by atoms with Gasteiger partial charge in [-0.15, -0.1) is 10.2 Å². The van der Waals surface area contributed by atoms with E-state index >= 15 is 0 Å². The van der Waals surface area contributed by atoms with E-state index in [4.69, 9.17) is 4.74 Å². The molecule has 2 rings (SSSR count). The molecule has 0 N–H and O–H groups in total. The van der Waals surface area contributed by atoms with E-state index in [1.165, 1.54) is 0 Å². The number of ether oxygens (including phenoxy) is 1. The van der Waals surface area contributed by atoms with Crippen LogP contribution in [-0.4, -0.2) is 50.5 Å². The Labute approximate surface area is 119 Å². The van der Waals surface area contributed by atoms with Gasteiger partial charge in [-0.1, -0.05) is 0 Å². The van der Waals surface area contributed by atoms with Crippen molar-refractivity contribution in [1.29, 1.82) is 0 Å². The molecule has 106 valence electrons. The fourth-order valence-corrected chi connectivity index (χ4v) is 1.75. The minimum Gasteiger partial charge on any atom is -0.497 e. The Morgan fingerprint density at radius 2 is 1.55 bits per heavy atom. The molecule has 0 saturated heterocycles. The number of nitrogens with zero attached hydrogens (tertiary/aromatic N) is 5. The molecule has 0 atom stereocenters. The zero-order chi connectivity index (χ0) is 14.7. The van der Waals surface area contributed by atoms with Crippen molar-refractivity contribution in [3.05, 3.63) is 24.3 Å². The lowest BCUT2D eigenvalue weighted by molar-refractivity contribution is 0.415. The second-order valence-electron chi connectivity index (χ2n) is 4.80.